The van der Waals surface area contributed by atoms with Crippen molar-refractivity contribution in [2.75, 3.05) is 39.2 Å². The predicted molar refractivity (Wildman–Crippen MR) is 85.1 cm³/mol. The highest BCUT2D eigenvalue weighted by atomic mass is 16.5. The summed E-state index contributed by atoms with van der Waals surface area (Å²) in [5, 5.41) is 2.90. The van der Waals surface area contributed by atoms with Crippen molar-refractivity contribution in [1.82, 2.24) is 10.2 Å². The Labute approximate surface area is 131 Å². The van der Waals surface area contributed by atoms with Crippen molar-refractivity contribution in [3.05, 3.63) is 24.3 Å². The van der Waals surface area contributed by atoms with Gasteiger partial charge in [-0.25, -0.2) is 0 Å². The van der Waals surface area contributed by atoms with E-state index in [-0.39, 0.29) is 11.8 Å². The Kier molecular flexibility index (Phi) is 5.38. The number of rotatable bonds is 6. The van der Waals surface area contributed by atoms with Crippen molar-refractivity contribution in [3.8, 4) is 5.75 Å². The summed E-state index contributed by atoms with van der Waals surface area (Å²) in [6, 6.07) is 6.77. The molecule has 2 amide bonds. The second kappa shape index (κ2) is 7.26. The quantitative estimate of drug-likeness (QED) is 0.847. The number of likely N-dealkylation sites (N-methyl/N-ethyl adjacent to an activating group) is 1. The summed E-state index contributed by atoms with van der Waals surface area (Å²) in [5.41, 5.74) is 0.732. The monoisotopic (exact) mass is 305 g/mol. The molecule has 0 aliphatic carbocycles. The molecule has 1 saturated heterocycles. The van der Waals surface area contributed by atoms with Gasteiger partial charge in [0.15, 0.2) is 0 Å². The maximum atomic E-state index is 12.3. The summed E-state index contributed by atoms with van der Waals surface area (Å²) < 4.78 is 5.12. The third kappa shape index (κ3) is 3.76. The van der Waals surface area contributed by atoms with Crippen LogP contribution >= 0.6 is 0 Å². The van der Waals surface area contributed by atoms with Gasteiger partial charge in [0, 0.05) is 25.2 Å². The average molecular weight is 305 g/mol. The Balaban J connectivity index is 2.06. The second-order valence-electron chi connectivity index (χ2n) is 5.61. The van der Waals surface area contributed by atoms with Gasteiger partial charge < -0.3 is 15.0 Å². The molecule has 0 saturated carbocycles. The second-order valence-corrected chi connectivity index (χ2v) is 5.61. The Hall–Kier alpha value is -2.08. The van der Waals surface area contributed by atoms with Gasteiger partial charge in [-0.2, -0.15) is 0 Å². The molecule has 1 N–H and O–H groups in total. The summed E-state index contributed by atoms with van der Waals surface area (Å²) in [7, 11) is 5.50. The Morgan fingerprint density at radius 1 is 1.36 bits per heavy atom. The third-order valence-corrected chi connectivity index (χ3v) is 3.72. The number of hydrogen-bond acceptors (Lipinski definition) is 4. The standard InChI is InChI=1S/C16H23N3O3/c1-18(2)11-10-17-16(21)14-8-9-15(20)19(14)12-4-6-13(22-3)7-5-12/h4-7,14H,8-11H2,1-3H3,(H,17,21). The van der Waals surface area contributed by atoms with Crippen molar-refractivity contribution < 1.29 is 14.3 Å². The van der Waals surface area contributed by atoms with Crippen molar-refractivity contribution in [1.29, 1.82) is 0 Å². The number of amides is 2. The minimum atomic E-state index is -0.428. The van der Waals surface area contributed by atoms with Crippen LogP contribution in [0.1, 0.15) is 12.8 Å². The Bertz CT molecular complexity index is 528. The molecule has 1 aromatic rings. The molecule has 1 aromatic carbocycles. The Morgan fingerprint density at radius 2 is 2.05 bits per heavy atom. The molecule has 1 aliphatic heterocycles. The van der Waals surface area contributed by atoms with Crippen molar-refractivity contribution >= 4 is 17.5 Å². The lowest BCUT2D eigenvalue weighted by Crippen LogP contribution is -2.46. The van der Waals surface area contributed by atoms with E-state index in [0.717, 1.165) is 18.0 Å². The van der Waals surface area contributed by atoms with Crippen LogP contribution in [0.3, 0.4) is 0 Å². The lowest BCUT2D eigenvalue weighted by atomic mass is 10.2. The minimum absolute atomic E-state index is 0.0158. The first-order chi connectivity index (χ1) is 10.5. The normalized spacial score (nSPS) is 17.9. The fourth-order valence-electron chi connectivity index (χ4n) is 2.52. The molecule has 1 unspecified atom stereocenters. The fraction of sp³-hybridized carbons (Fsp3) is 0.500. The van der Waals surface area contributed by atoms with E-state index in [4.69, 9.17) is 4.74 Å². The van der Waals surface area contributed by atoms with Gasteiger partial charge in [0.05, 0.1) is 7.11 Å². The number of methoxy groups -OCH3 is 1. The maximum Gasteiger partial charge on any atom is 0.243 e. The zero-order valence-corrected chi connectivity index (χ0v) is 13.3. The molecule has 22 heavy (non-hydrogen) atoms. The summed E-state index contributed by atoms with van der Waals surface area (Å²) in [6.45, 7) is 1.35. The van der Waals surface area contributed by atoms with E-state index in [0.29, 0.717) is 19.4 Å². The molecule has 1 fully saturated rings. The van der Waals surface area contributed by atoms with E-state index in [9.17, 15) is 9.59 Å². The summed E-state index contributed by atoms with van der Waals surface area (Å²) >= 11 is 0. The number of benzene rings is 1. The summed E-state index contributed by atoms with van der Waals surface area (Å²) in [6.07, 6.45) is 0.955. The number of hydrogen-bond donors (Lipinski definition) is 1. The van der Waals surface area contributed by atoms with Gasteiger partial charge in [-0.05, 0) is 44.8 Å². The van der Waals surface area contributed by atoms with E-state index in [1.54, 1.807) is 24.1 Å². The van der Waals surface area contributed by atoms with Crippen molar-refractivity contribution in [2.45, 2.75) is 18.9 Å². The van der Waals surface area contributed by atoms with Crippen LogP contribution in [0, 0.1) is 0 Å². The molecule has 0 aromatic heterocycles. The van der Waals surface area contributed by atoms with E-state index in [1.807, 2.05) is 31.1 Å². The Morgan fingerprint density at radius 3 is 2.64 bits per heavy atom. The first kappa shape index (κ1) is 16.3. The number of ether oxygens (including phenoxy) is 1. The van der Waals surface area contributed by atoms with Crippen molar-refractivity contribution in [2.24, 2.45) is 0 Å². The van der Waals surface area contributed by atoms with Gasteiger partial charge in [0.25, 0.3) is 0 Å². The van der Waals surface area contributed by atoms with Crippen LogP contribution in [0.5, 0.6) is 5.75 Å². The fourth-order valence-corrected chi connectivity index (χ4v) is 2.52. The summed E-state index contributed by atoms with van der Waals surface area (Å²) in [5.74, 6) is 0.615. The highest BCUT2D eigenvalue weighted by Gasteiger charge is 2.36. The molecular formula is C16H23N3O3. The molecule has 1 atom stereocenters. The maximum absolute atomic E-state index is 12.3. The molecular weight excluding hydrogens is 282 g/mol. The number of anilines is 1. The van der Waals surface area contributed by atoms with Crippen LogP contribution in [-0.4, -0.2) is 57.1 Å². The van der Waals surface area contributed by atoms with Gasteiger partial charge in [-0.1, -0.05) is 0 Å². The van der Waals surface area contributed by atoms with Crippen molar-refractivity contribution in [3.63, 3.8) is 0 Å². The van der Waals surface area contributed by atoms with E-state index >= 15 is 0 Å². The third-order valence-electron chi connectivity index (χ3n) is 3.72. The number of nitrogens with one attached hydrogen (secondary N) is 1. The van der Waals surface area contributed by atoms with Crippen LogP contribution in [0.2, 0.25) is 0 Å². The molecule has 6 nitrogen and oxygen atoms in total. The highest BCUT2D eigenvalue weighted by molar-refractivity contribution is 6.03. The first-order valence-electron chi connectivity index (χ1n) is 7.41. The van der Waals surface area contributed by atoms with Crippen LogP contribution in [-0.2, 0) is 9.59 Å². The molecule has 1 aliphatic rings. The minimum Gasteiger partial charge on any atom is -0.497 e. The molecule has 1 heterocycles. The lowest BCUT2D eigenvalue weighted by molar-refractivity contribution is -0.123. The molecule has 2 rings (SSSR count). The molecule has 120 valence electrons. The molecule has 0 bridgehead atoms. The first-order valence-corrected chi connectivity index (χ1v) is 7.41. The van der Waals surface area contributed by atoms with E-state index in [2.05, 4.69) is 5.32 Å². The topological polar surface area (TPSA) is 61.9 Å². The van der Waals surface area contributed by atoms with Gasteiger partial charge in [0.2, 0.25) is 11.8 Å². The van der Waals surface area contributed by atoms with Crippen LogP contribution in [0.4, 0.5) is 5.69 Å². The number of nitrogens with zero attached hydrogens (tertiary/aromatic N) is 2. The number of carbonyl (C=O) groups is 2. The molecule has 6 heteroatoms. The highest BCUT2D eigenvalue weighted by Crippen LogP contribution is 2.28. The zero-order valence-electron chi connectivity index (χ0n) is 13.3. The molecule has 0 spiro atoms. The number of carbonyl (C=O) groups excluding carboxylic acids is 2. The van der Waals surface area contributed by atoms with Crippen LogP contribution in [0.15, 0.2) is 24.3 Å². The lowest BCUT2D eigenvalue weighted by Gasteiger charge is -2.24. The molecule has 0 radical (unpaired) electrons. The van der Waals surface area contributed by atoms with Gasteiger partial charge in [-0.3, -0.25) is 14.5 Å². The zero-order chi connectivity index (χ0) is 16.1. The average Bonchev–Trinajstić information content (AvgIpc) is 2.88. The largest absolute Gasteiger partial charge is 0.497 e. The van der Waals surface area contributed by atoms with E-state index in [1.165, 1.54) is 0 Å². The van der Waals surface area contributed by atoms with Crippen LogP contribution in [0.25, 0.3) is 0 Å². The summed E-state index contributed by atoms with van der Waals surface area (Å²) in [4.78, 5) is 28.1. The SMILES string of the molecule is COc1ccc(N2C(=O)CCC2C(=O)NCCN(C)C)cc1. The van der Waals surface area contributed by atoms with E-state index < -0.39 is 6.04 Å². The smallest absolute Gasteiger partial charge is 0.243 e. The van der Waals surface area contributed by atoms with Crippen LogP contribution < -0.4 is 15.0 Å². The van der Waals surface area contributed by atoms with Gasteiger partial charge in [0.1, 0.15) is 11.8 Å². The predicted octanol–water partition coefficient (Wildman–Crippen LogP) is 0.868. The van der Waals surface area contributed by atoms with Gasteiger partial charge >= 0.3 is 0 Å². The van der Waals surface area contributed by atoms with Gasteiger partial charge in [-0.15, -0.1) is 0 Å².